The molecule has 1 N–H and O–H groups in total. The predicted octanol–water partition coefficient (Wildman–Crippen LogP) is 4.98. The zero-order chi connectivity index (χ0) is 21.1. The number of benzene rings is 2. The fourth-order valence-electron chi connectivity index (χ4n) is 3.07. The molecule has 4 rings (SSSR count). The van der Waals surface area contributed by atoms with Gasteiger partial charge in [0.25, 0.3) is 5.89 Å². The van der Waals surface area contributed by atoms with Gasteiger partial charge in [0, 0.05) is 16.2 Å². The maximum absolute atomic E-state index is 13.1. The molecule has 4 aromatic rings. The maximum atomic E-state index is 13.1. The van der Waals surface area contributed by atoms with Gasteiger partial charge >= 0.3 is 0 Å². The van der Waals surface area contributed by atoms with Gasteiger partial charge in [-0.05, 0) is 61.0 Å². The van der Waals surface area contributed by atoms with Crippen LogP contribution in [-0.2, 0) is 11.3 Å². The monoisotopic (exact) mass is 468 g/mol. The van der Waals surface area contributed by atoms with Gasteiger partial charge in [0.15, 0.2) is 0 Å². The number of carbonyl (C=O) groups is 1. The van der Waals surface area contributed by atoms with Crippen molar-refractivity contribution in [2.75, 3.05) is 0 Å². The summed E-state index contributed by atoms with van der Waals surface area (Å²) in [5.74, 6) is 0.310. The molecule has 2 heterocycles. The lowest BCUT2D eigenvalue weighted by molar-refractivity contribution is -0.122. The van der Waals surface area contributed by atoms with E-state index in [1.807, 2.05) is 43.3 Å². The summed E-state index contributed by atoms with van der Waals surface area (Å²) in [7, 11) is 0. The van der Waals surface area contributed by atoms with Crippen molar-refractivity contribution < 1.29 is 13.7 Å². The van der Waals surface area contributed by atoms with Gasteiger partial charge in [0.2, 0.25) is 11.7 Å². The highest BCUT2D eigenvalue weighted by atomic mass is 79.9. The number of hydrogen-bond donors (Lipinski definition) is 1. The zero-order valence-electron chi connectivity index (χ0n) is 16.0. The Morgan fingerprint density at radius 3 is 2.63 bits per heavy atom. The maximum Gasteiger partial charge on any atom is 0.274 e. The van der Waals surface area contributed by atoms with Crippen molar-refractivity contribution in [3.63, 3.8) is 0 Å². The normalized spacial score (nSPS) is 12.0. The highest BCUT2D eigenvalue weighted by Gasteiger charge is 2.16. The third-order valence-electron chi connectivity index (χ3n) is 4.64. The van der Waals surface area contributed by atoms with Crippen LogP contribution in [0.15, 0.2) is 75.9 Å². The van der Waals surface area contributed by atoms with E-state index in [0.29, 0.717) is 17.4 Å². The number of hydrogen-bond acceptors (Lipinski definition) is 4. The molecule has 0 aliphatic carbocycles. The van der Waals surface area contributed by atoms with Gasteiger partial charge in [-0.25, -0.2) is 4.39 Å². The van der Waals surface area contributed by atoms with E-state index in [1.165, 1.54) is 12.1 Å². The summed E-state index contributed by atoms with van der Waals surface area (Å²) < 4.78 is 21.2. The van der Waals surface area contributed by atoms with Gasteiger partial charge in [-0.2, -0.15) is 4.98 Å². The molecule has 1 amide bonds. The van der Waals surface area contributed by atoms with Crippen molar-refractivity contribution in [1.82, 2.24) is 20.0 Å². The first kappa shape index (κ1) is 20.0. The van der Waals surface area contributed by atoms with Gasteiger partial charge in [0.05, 0.1) is 6.04 Å². The van der Waals surface area contributed by atoms with Crippen LogP contribution in [0.5, 0.6) is 0 Å². The van der Waals surface area contributed by atoms with Gasteiger partial charge < -0.3 is 14.4 Å². The second-order valence-electron chi connectivity index (χ2n) is 6.79. The van der Waals surface area contributed by atoms with Crippen molar-refractivity contribution in [2.45, 2.75) is 19.5 Å². The Morgan fingerprint density at radius 2 is 1.90 bits per heavy atom. The van der Waals surface area contributed by atoms with Crippen LogP contribution in [0.2, 0.25) is 0 Å². The van der Waals surface area contributed by atoms with Crippen LogP contribution in [0, 0.1) is 5.82 Å². The summed E-state index contributed by atoms with van der Waals surface area (Å²) in [6, 6.07) is 17.0. The standard InChI is InChI=1S/C22H18BrFN4O2/c1-14(15-6-10-18(24)11-7-15)25-20(29)13-28-12-2-3-19(28)22-26-21(27-30-22)16-4-8-17(23)9-5-16/h2-12,14H,13H2,1H3,(H,25,29)/t14-/m0/s1. The van der Waals surface area contributed by atoms with E-state index in [9.17, 15) is 9.18 Å². The van der Waals surface area contributed by atoms with Crippen LogP contribution >= 0.6 is 15.9 Å². The number of nitrogens with zero attached hydrogens (tertiary/aromatic N) is 3. The molecule has 0 fully saturated rings. The molecule has 30 heavy (non-hydrogen) atoms. The fourth-order valence-corrected chi connectivity index (χ4v) is 3.33. The van der Waals surface area contributed by atoms with E-state index in [-0.39, 0.29) is 24.3 Å². The van der Waals surface area contributed by atoms with E-state index in [4.69, 9.17) is 4.52 Å². The Bertz CT molecular complexity index is 1150. The van der Waals surface area contributed by atoms with Crippen molar-refractivity contribution >= 4 is 21.8 Å². The van der Waals surface area contributed by atoms with Gasteiger partial charge in [-0.1, -0.05) is 33.2 Å². The number of amides is 1. The van der Waals surface area contributed by atoms with Crippen molar-refractivity contribution in [1.29, 1.82) is 0 Å². The third kappa shape index (κ3) is 4.49. The number of rotatable bonds is 6. The average Bonchev–Trinajstić information content (AvgIpc) is 3.38. The number of carbonyl (C=O) groups excluding carboxylic acids is 1. The third-order valence-corrected chi connectivity index (χ3v) is 5.17. The van der Waals surface area contributed by atoms with Crippen LogP contribution in [0.25, 0.3) is 23.0 Å². The Morgan fingerprint density at radius 1 is 1.17 bits per heavy atom. The van der Waals surface area contributed by atoms with Crippen LogP contribution < -0.4 is 5.32 Å². The van der Waals surface area contributed by atoms with Gasteiger partial charge in [-0.3, -0.25) is 4.79 Å². The Kier molecular flexibility index (Phi) is 5.76. The molecule has 8 heteroatoms. The minimum Gasteiger partial charge on any atom is -0.348 e. The van der Waals surface area contributed by atoms with Crippen molar-refractivity contribution in [2.24, 2.45) is 0 Å². The topological polar surface area (TPSA) is 73.0 Å². The highest BCUT2D eigenvalue weighted by molar-refractivity contribution is 9.10. The molecule has 0 spiro atoms. The van der Waals surface area contributed by atoms with Crippen LogP contribution in [0.4, 0.5) is 4.39 Å². The number of halogens is 2. The molecule has 0 bridgehead atoms. The molecule has 0 radical (unpaired) electrons. The first-order chi connectivity index (χ1) is 14.5. The van der Waals surface area contributed by atoms with E-state index < -0.39 is 0 Å². The minimum absolute atomic E-state index is 0.0872. The molecular weight excluding hydrogens is 451 g/mol. The predicted molar refractivity (Wildman–Crippen MR) is 114 cm³/mol. The second kappa shape index (κ2) is 8.62. The van der Waals surface area contributed by atoms with Crippen LogP contribution in [-0.4, -0.2) is 20.6 Å². The Hall–Kier alpha value is -3.26. The van der Waals surface area contributed by atoms with Crippen molar-refractivity contribution in [3.8, 4) is 23.0 Å². The molecule has 0 unspecified atom stereocenters. The highest BCUT2D eigenvalue weighted by Crippen LogP contribution is 2.24. The molecule has 2 aromatic carbocycles. The summed E-state index contributed by atoms with van der Waals surface area (Å²) in [6.45, 7) is 1.94. The molecule has 0 saturated carbocycles. The van der Waals surface area contributed by atoms with Crippen molar-refractivity contribution in [3.05, 3.63) is 82.7 Å². The van der Waals surface area contributed by atoms with Crippen LogP contribution in [0.1, 0.15) is 18.5 Å². The lowest BCUT2D eigenvalue weighted by atomic mass is 10.1. The fraction of sp³-hybridized carbons (Fsp3) is 0.136. The van der Waals surface area contributed by atoms with Crippen LogP contribution in [0.3, 0.4) is 0 Å². The second-order valence-corrected chi connectivity index (χ2v) is 7.71. The number of nitrogens with one attached hydrogen (secondary N) is 1. The zero-order valence-corrected chi connectivity index (χ0v) is 17.6. The quantitative estimate of drug-likeness (QED) is 0.432. The largest absolute Gasteiger partial charge is 0.348 e. The molecule has 1 atom stereocenters. The smallest absolute Gasteiger partial charge is 0.274 e. The molecule has 2 aromatic heterocycles. The van der Waals surface area contributed by atoms with E-state index >= 15 is 0 Å². The lowest BCUT2D eigenvalue weighted by Crippen LogP contribution is -2.30. The summed E-state index contributed by atoms with van der Waals surface area (Å²) in [5, 5.41) is 6.96. The number of aromatic nitrogens is 3. The summed E-state index contributed by atoms with van der Waals surface area (Å²) in [4.78, 5) is 17.0. The van der Waals surface area contributed by atoms with E-state index in [2.05, 4.69) is 31.4 Å². The average molecular weight is 469 g/mol. The Balaban J connectivity index is 1.46. The molecule has 0 aliphatic rings. The van der Waals surface area contributed by atoms with E-state index in [0.717, 1.165) is 15.6 Å². The van der Waals surface area contributed by atoms with E-state index in [1.54, 1.807) is 22.9 Å². The SMILES string of the molecule is C[C@H](NC(=O)Cn1cccc1-c1nc(-c2ccc(Br)cc2)no1)c1ccc(F)cc1. The van der Waals surface area contributed by atoms with Gasteiger partial charge in [-0.15, -0.1) is 0 Å². The van der Waals surface area contributed by atoms with Gasteiger partial charge in [0.1, 0.15) is 18.1 Å². The molecule has 0 saturated heterocycles. The first-order valence-corrected chi connectivity index (χ1v) is 10.1. The Labute approximate surface area is 180 Å². The minimum atomic E-state index is -0.309. The molecule has 152 valence electrons. The first-order valence-electron chi connectivity index (χ1n) is 9.29. The molecule has 6 nitrogen and oxygen atoms in total. The summed E-state index contributed by atoms with van der Waals surface area (Å²) in [5.41, 5.74) is 2.31. The summed E-state index contributed by atoms with van der Waals surface area (Å²) in [6.07, 6.45) is 1.78. The summed E-state index contributed by atoms with van der Waals surface area (Å²) >= 11 is 3.40. The lowest BCUT2D eigenvalue weighted by Gasteiger charge is -2.15. The molecular formula is C22H18BrFN4O2. The molecule has 0 aliphatic heterocycles.